The van der Waals surface area contributed by atoms with Crippen molar-refractivity contribution < 1.29 is 9.90 Å². The lowest BCUT2D eigenvalue weighted by Gasteiger charge is -2.16. The van der Waals surface area contributed by atoms with Crippen LogP contribution in [-0.4, -0.2) is 39.7 Å². The van der Waals surface area contributed by atoms with Crippen LogP contribution in [0.2, 0.25) is 0 Å². The van der Waals surface area contributed by atoms with Crippen LogP contribution in [0.5, 0.6) is 0 Å². The van der Waals surface area contributed by atoms with E-state index in [0.717, 1.165) is 23.1 Å². The number of aromatic nitrogens is 3. The first kappa shape index (κ1) is 13.8. The number of hydrogen-bond acceptors (Lipinski definition) is 5. The van der Waals surface area contributed by atoms with Gasteiger partial charge in [0.15, 0.2) is 0 Å². The second-order valence-electron chi connectivity index (χ2n) is 4.50. The number of aliphatic carboxylic acids is 1. The molecule has 1 N–H and O–H groups in total. The number of rotatable bonds is 6. The van der Waals surface area contributed by atoms with E-state index >= 15 is 0 Å². The van der Waals surface area contributed by atoms with Crippen LogP contribution in [0.1, 0.15) is 12.8 Å². The predicted molar refractivity (Wildman–Crippen MR) is 73.3 cm³/mol. The largest absolute Gasteiger partial charge is 0.480 e. The summed E-state index contributed by atoms with van der Waals surface area (Å²) in [6.07, 6.45) is 1.22. The monoisotopic (exact) mass is 273 g/mol. The molecule has 2 rings (SSSR count). The number of hydrogen-bond donors (Lipinski definition) is 1. The minimum atomic E-state index is -0.882. The summed E-state index contributed by atoms with van der Waals surface area (Å²) in [4.78, 5) is 12.3. The predicted octanol–water partition coefficient (Wildman–Crippen LogP) is 1.26. The van der Waals surface area contributed by atoms with E-state index in [1.165, 1.54) is 0 Å². The van der Waals surface area contributed by atoms with E-state index in [0.29, 0.717) is 13.0 Å². The van der Waals surface area contributed by atoms with E-state index in [9.17, 15) is 4.79 Å². The fourth-order valence-electron chi connectivity index (χ4n) is 1.97. The summed E-state index contributed by atoms with van der Waals surface area (Å²) < 4.78 is 1.76. The first-order valence-electron chi connectivity index (χ1n) is 6.25. The number of nitriles is 1. The van der Waals surface area contributed by atoms with Gasteiger partial charge in [-0.3, -0.25) is 4.79 Å². The second-order valence-corrected chi connectivity index (χ2v) is 4.50. The second kappa shape index (κ2) is 6.02. The molecule has 1 heterocycles. The van der Waals surface area contributed by atoms with E-state index in [-0.39, 0.29) is 6.54 Å². The fourth-order valence-corrected chi connectivity index (χ4v) is 1.97. The molecular weight excluding hydrogens is 258 g/mol. The number of carbonyl (C=O) groups is 1. The number of aryl methyl sites for hydroxylation is 1. The third kappa shape index (κ3) is 3.03. The quantitative estimate of drug-likeness (QED) is 0.796. The van der Waals surface area contributed by atoms with E-state index in [4.69, 9.17) is 10.4 Å². The van der Waals surface area contributed by atoms with Crippen molar-refractivity contribution in [3.63, 3.8) is 0 Å². The number of carboxylic acid groups (broad SMARTS) is 1. The highest BCUT2D eigenvalue weighted by Gasteiger charge is 2.09. The Hall–Kier alpha value is -2.62. The molecule has 7 heteroatoms. The number of benzene rings is 1. The van der Waals surface area contributed by atoms with Gasteiger partial charge in [0.25, 0.3) is 0 Å². The Labute approximate surface area is 116 Å². The number of anilines is 1. The normalized spacial score (nSPS) is 10.4. The van der Waals surface area contributed by atoms with E-state index < -0.39 is 5.97 Å². The van der Waals surface area contributed by atoms with Crippen LogP contribution >= 0.6 is 0 Å². The Morgan fingerprint density at radius 2 is 2.35 bits per heavy atom. The first-order chi connectivity index (χ1) is 9.61. The highest BCUT2D eigenvalue weighted by molar-refractivity contribution is 5.80. The molecule has 0 aliphatic rings. The third-order valence-corrected chi connectivity index (χ3v) is 2.97. The molecule has 0 aliphatic carbocycles. The number of fused-ring (bicyclic) bond motifs is 1. The van der Waals surface area contributed by atoms with E-state index in [1.54, 1.807) is 16.6 Å². The maximum absolute atomic E-state index is 10.7. The van der Waals surface area contributed by atoms with Crippen molar-refractivity contribution in [1.29, 1.82) is 5.26 Å². The SMILES string of the molecule is CN(CC(=O)O)c1ccc2c(c1)nnn2CCCC#N. The Kier molecular flexibility index (Phi) is 4.15. The molecule has 0 bridgehead atoms. The van der Waals surface area contributed by atoms with Gasteiger partial charge in [0.2, 0.25) is 0 Å². The fraction of sp³-hybridized carbons (Fsp3) is 0.385. The zero-order chi connectivity index (χ0) is 14.5. The minimum Gasteiger partial charge on any atom is -0.480 e. The van der Waals surface area contributed by atoms with Gasteiger partial charge in [-0.2, -0.15) is 5.26 Å². The molecule has 104 valence electrons. The topological polar surface area (TPSA) is 95.0 Å². The van der Waals surface area contributed by atoms with Crippen LogP contribution in [0, 0.1) is 11.3 Å². The molecule has 0 aliphatic heterocycles. The molecule has 1 aromatic heterocycles. The summed E-state index contributed by atoms with van der Waals surface area (Å²) in [5.74, 6) is -0.882. The molecular formula is C13H15N5O2. The summed E-state index contributed by atoms with van der Waals surface area (Å²) in [5.41, 5.74) is 2.39. The average molecular weight is 273 g/mol. The zero-order valence-electron chi connectivity index (χ0n) is 11.2. The zero-order valence-corrected chi connectivity index (χ0v) is 11.2. The van der Waals surface area contributed by atoms with Gasteiger partial charge in [-0.15, -0.1) is 5.10 Å². The van der Waals surface area contributed by atoms with Crippen molar-refractivity contribution in [1.82, 2.24) is 15.0 Å². The molecule has 0 atom stereocenters. The lowest BCUT2D eigenvalue weighted by molar-refractivity contribution is -0.135. The van der Waals surface area contributed by atoms with Crippen molar-refractivity contribution in [3.05, 3.63) is 18.2 Å². The number of nitrogens with zero attached hydrogens (tertiary/aromatic N) is 5. The lowest BCUT2D eigenvalue weighted by atomic mass is 10.2. The third-order valence-electron chi connectivity index (χ3n) is 2.97. The van der Waals surface area contributed by atoms with Gasteiger partial charge in [0.05, 0.1) is 11.6 Å². The average Bonchev–Trinajstić information content (AvgIpc) is 2.81. The highest BCUT2D eigenvalue weighted by Crippen LogP contribution is 2.19. The van der Waals surface area contributed by atoms with Crippen LogP contribution in [0.15, 0.2) is 18.2 Å². The van der Waals surface area contributed by atoms with Gasteiger partial charge < -0.3 is 10.0 Å². The summed E-state index contributed by atoms with van der Waals surface area (Å²) in [7, 11) is 1.71. The molecule has 1 aromatic carbocycles. The Balaban J connectivity index is 2.19. The lowest BCUT2D eigenvalue weighted by Crippen LogP contribution is -2.24. The summed E-state index contributed by atoms with van der Waals surface area (Å²) in [6.45, 7) is 0.580. The standard InChI is InChI=1S/C13H15N5O2/c1-17(9-13(19)20)10-4-5-12-11(8-10)15-16-18(12)7-3-2-6-14/h4-5,8H,2-3,7,9H2,1H3,(H,19,20). The van der Waals surface area contributed by atoms with Gasteiger partial charge in [0, 0.05) is 25.7 Å². The molecule has 20 heavy (non-hydrogen) atoms. The molecule has 0 spiro atoms. The first-order valence-corrected chi connectivity index (χ1v) is 6.25. The Morgan fingerprint density at radius 3 is 3.05 bits per heavy atom. The maximum Gasteiger partial charge on any atom is 0.323 e. The van der Waals surface area contributed by atoms with Gasteiger partial charge in [-0.25, -0.2) is 4.68 Å². The van der Waals surface area contributed by atoms with E-state index in [1.807, 2.05) is 18.2 Å². The van der Waals surface area contributed by atoms with Crippen LogP contribution in [-0.2, 0) is 11.3 Å². The van der Waals surface area contributed by atoms with E-state index in [2.05, 4.69) is 16.4 Å². The van der Waals surface area contributed by atoms with Crippen LogP contribution in [0.3, 0.4) is 0 Å². The smallest absolute Gasteiger partial charge is 0.323 e. The van der Waals surface area contributed by atoms with Gasteiger partial charge in [0.1, 0.15) is 12.1 Å². The minimum absolute atomic E-state index is 0.0676. The number of carboxylic acids is 1. The summed E-state index contributed by atoms with van der Waals surface area (Å²) >= 11 is 0. The van der Waals surface area contributed by atoms with Gasteiger partial charge >= 0.3 is 5.97 Å². The summed E-state index contributed by atoms with van der Waals surface area (Å²) in [6, 6.07) is 7.62. The van der Waals surface area contributed by atoms with Gasteiger partial charge in [-0.05, 0) is 24.6 Å². The van der Waals surface area contributed by atoms with Crippen molar-refractivity contribution in [3.8, 4) is 6.07 Å². The molecule has 0 fully saturated rings. The molecule has 0 radical (unpaired) electrons. The molecule has 0 unspecified atom stereocenters. The maximum atomic E-state index is 10.7. The molecule has 0 saturated carbocycles. The Bertz CT molecular complexity index is 658. The number of unbranched alkanes of at least 4 members (excludes halogenated alkanes) is 1. The van der Waals surface area contributed by atoms with Gasteiger partial charge in [-0.1, -0.05) is 5.21 Å². The summed E-state index contributed by atoms with van der Waals surface area (Å²) in [5, 5.41) is 25.4. The van der Waals surface area contributed by atoms with Crippen molar-refractivity contribution in [2.45, 2.75) is 19.4 Å². The molecule has 2 aromatic rings. The Morgan fingerprint density at radius 1 is 1.55 bits per heavy atom. The highest BCUT2D eigenvalue weighted by atomic mass is 16.4. The molecule has 0 amide bonds. The van der Waals surface area contributed by atoms with Crippen LogP contribution in [0.4, 0.5) is 5.69 Å². The van der Waals surface area contributed by atoms with Crippen molar-refractivity contribution in [2.24, 2.45) is 0 Å². The van der Waals surface area contributed by atoms with Crippen LogP contribution < -0.4 is 4.90 Å². The molecule has 7 nitrogen and oxygen atoms in total. The van der Waals surface area contributed by atoms with Crippen LogP contribution in [0.25, 0.3) is 11.0 Å². The van der Waals surface area contributed by atoms with Crippen molar-refractivity contribution in [2.75, 3.05) is 18.5 Å². The number of likely N-dealkylation sites (N-methyl/N-ethyl adjacent to an activating group) is 1. The molecule has 0 saturated heterocycles. The van der Waals surface area contributed by atoms with Crippen molar-refractivity contribution >= 4 is 22.7 Å².